The van der Waals surface area contributed by atoms with Gasteiger partial charge in [0, 0.05) is 38.4 Å². The van der Waals surface area contributed by atoms with Gasteiger partial charge in [-0.05, 0) is 38.1 Å². The van der Waals surface area contributed by atoms with E-state index in [0.29, 0.717) is 30.9 Å². The summed E-state index contributed by atoms with van der Waals surface area (Å²) in [7, 11) is -1.74. The van der Waals surface area contributed by atoms with E-state index in [1.807, 2.05) is 0 Å². The lowest BCUT2D eigenvalue weighted by Gasteiger charge is -2.31. The second-order valence-corrected chi connectivity index (χ2v) is 7.70. The number of aromatic nitrogens is 2. The highest BCUT2D eigenvalue weighted by Crippen LogP contribution is 2.23. The Bertz CT molecular complexity index is 581. The predicted molar refractivity (Wildman–Crippen MR) is 81.1 cm³/mol. The molecule has 1 aliphatic heterocycles. The molecule has 1 saturated carbocycles. The van der Waals surface area contributed by atoms with E-state index in [1.54, 1.807) is 28.3 Å². The van der Waals surface area contributed by atoms with Crippen LogP contribution in [-0.2, 0) is 17.3 Å². The van der Waals surface area contributed by atoms with Crippen LogP contribution < -0.4 is 10.0 Å². The summed E-state index contributed by atoms with van der Waals surface area (Å²) in [5.41, 5.74) is 0. The first-order valence-corrected chi connectivity index (χ1v) is 8.98. The van der Waals surface area contributed by atoms with Gasteiger partial charge in [-0.1, -0.05) is 0 Å². The van der Waals surface area contributed by atoms with Gasteiger partial charge in [0.25, 0.3) is 0 Å². The molecule has 21 heavy (non-hydrogen) atoms. The fourth-order valence-corrected chi connectivity index (χ4v) is 3.98. The Morgan fingerprint density at radius 1 is 1.38 bits per heavy atom. The molecule has 2 fully saturated rings. The van der Waals surface area contributed by atoms with Crippen molar-refractivity contribution in [3.63, 3.8) is 0 Å². The van der Waals surface area contributed by atoms with Crippen LogP contribution in [0.2, 0.25) is 0 Å². The summed E-state index contributed by atoms with van der Waals surface area (Å²) in [6.45, 7) is 2.09. The van der Waals surface area contributed by atoms with E-state index >= 15 is 0 Å². The standard InChI is InChI=1S/C13H23N5O2S/c1-17-8-6-13(15-17)16-21(19,20)18-7-2-3-11(10-18)9-14-12-4-5-12/h6,8,11-12,14H,2-5,7,9-10H2,1H3,(H,15,16). The van der Waals surface area contributed by atoms with E-state index in [4.69, 9.17) is 0 Å². The lowest BCUT2D eigenvalue weighted by Crippen LogP contribution is -2.45. The third-order valence-corrected chi connectivity index (χ3v) is 5.52. The van der Waals surface area contributed by atoms with Gasteiger partial charge in [-0.2, -0.15) is 17.8 Å². The van der Waals surface area contributed by atoms with Gasteiger partial charge in [0.15, 0.2) is 5.82 Å². The van der Waals surface area contributed by atoms with Crippen molar-refractivity contribution in [2.75, 3.05) is 24.4 Å². The summed E-state index contributed by atoms with van der Waals surface area (Å²) in [6.07, 6.45) is 6.25. The van der Waals surface area contributed by atoms with Crippen molar-refractivity contribution >= 4 is 16.0 Å². The molecule has 1 aromatic rings. The first-order chi connectivity index (χ1) is 10.0. The van der Waals surface area contributed by atoms with E-state index in [9.17, 15) is 8.42 Å². The minimum atomic E-state index is -3.50. The van der Waals surface area contributed by atoms with E-state index in [-0.39, 0.29) is 0 Å². The number of piperidine rings is 1. The zero-order chi connectivity index (χ0) is 14.9. The van der Waals surface area contributed by atoms with Crippen LogP contribution in [0.3, 0.4) is 0 Å². The van der Waals surface area contributed by atoms with E-state index in [0.717, 1.165) is 19.4 Å². The topological polar surface area (TPSA) is 79.3 Å². The summed E-state index contributed by atoms with van der Waals surface area (Å²) in [6, 6.07) is 2.33. The SMILES string of the molecule is Cn1ccc(NS(=O)(=O)N2CCCC(CNC3CC3)C2)n1. The molecule has 1 unspecified atom stereocenters. The van der Waals surface area contributed by atoms with Crippen LogP contribution in [0.15, 0.2) is 12.3 Å². The number of nitrogens with zero attached hydrogens (tertiary/aromatic N) is 3. The van der Waals surface area contributed by atoms with Gasteiger partial charge in [-0.15, -0.1) is 0 Å². The molecule has 0 radical (unpaired) electrons. The van der Waals surface area contributed by atoms with Crippen LogP contribution in [0.4, 0.5) is 5.82 Å². The van der Waals surface area contributed by atoms with Gasteiger partial charge >= 0.3 is 10.2 Å². The van der Waals surface area contributed by atoms with Gasteiger partial charge in [0.1, 0.15) is 0 Å². The van der Waals surface area contributed by atoms with Gasteiger partial charge in [-0.25, -0.2) is 0 Å². The van der Waals surface area contributed by atoms with Crippen molar-refractivity contribution in [2.45, 2.75) is 31.7 Å². The van der Waals surface area contributed by atoms with Crippen LogP contribution in [0.1, 0.15) is 25.7 Å². The van der Waals surface area contributed by atoms with Crippen molar-refractivity contribution in [1.82, 2.24) is 19.4 Å². The normalized spacial score (nSPS) is 24.1. The number of aryl methyl sites for hydroxylation is 1. The first-order valence-electron chi connectivity index (χ1n) is 7.54. The first kappa shape index (κ1) is 14.8. The van der Waals surface area contributed by atoms with Crippen molar-refractivity contribution in [3.8, 4) is 0 Å². The van der Waals surface area contributed by atoms with Crippen LogP contribution in [0, 0.1) is 5.92 Å². The van der Waals surface area contributed by atoms with Crippen molar-refractivity contribution < 1.29 is 8.42 Å². The van der Waals surface area contributed by atoms with E-state index < -0.39 is 10.2 Å². The monoisotopic (exact) mass is 313 g/mol. The Morgan fingerprint density at radius 3 is 2.86 bits per heavy atom. The molecule has 2 N–H and O–H groups in total. The average Bonchev–Trinajstić information content (AvgIpc) is 3.20. The Kier molecular flexibility index (Phi) is 4.19. The molecule has 8 heteroatoms. The minimum absolute atomic E-state index is 0.371. The summed E-state index contributed by atoms with van der Waals surface area (Å²) >= 11 is 0. The molecule has 1 aliphatic carbocycles. The Hall–Kier alpha value is -1.12. The van der Waals surface area contributed by atoms with Crippen LogP contribution >= 0.6 is 0 Å². The third kappa shape index (κ3) is 3.96. The lowest BCUT2D eigenvalue weighted by molar-refractivity contribution is 0.261. The maximum Gasteiger partial charge on any atom is 0.302 e. The number of hydrogen-bond acceptors (Lipinski definition) is 4. The molecular formula is C13H23N5O2S. The number of rotatable bonds is 6. The molecule has 1 saturated heterocycles. The fraction of sp³-hybridized carbons (Fsp3) is 0.769. The van der Waals surface area contributed by atoms with Crippen LogP contribution in [0.5, 0.6) is 0 Å². The molecule has 1 atom stereocenters. The zero-order valence-corrected chi connectivity index (χ0v) is 13.1. The summed E-state index contributed by atoms with van der Waals surface area (Å²) in [5.74, 6) is 0.774. The van der Waals surface area contributed by atoms with Gasteiger partial charge in [0.05, 0.1) is 0 Å². The van der Waals surface area contributed by atoms with Gasteiger partial charge in [0.2, 0.25) is 0 Å². The van der Waals surface area contributed by atoms with E-state index in [1.165, 1.54) is 12.8 Å². The number of nitrogens with one attached hydrogen (secondary N) is 2. The molecule has 2 aliphatic rings. The molecule has 0 aromatic carbocycles. The number of anilines is 1. The summed E-state index contributed by atoms with van der Waals surface area (Å²) in [4.78, 5) is 0. The summed E-state index contributed by atoms with van der Waals surface area (Å²) in [5, 5.41) is 7.56. The largest absolute Gasteiger partial charge is 0.314 e. The molecule has 7 nitrogen and oxygen atoms in total. The molecule has 0 amide bonds. The molecule has 2 heterocycles. The lowest BCUT2D eigenvalue weighted by atomic mass is 10.00. The molecule has 1 aromatic heterocycles. The molecule has 3 rings (SSSR count). The zero-order valence-electron chi connectivity index (χ0n) is 12.3. The molecule has 118 valence electrons. The number of hydrogen-bond donors (Lipinski definition) is 2. The van der Waals surface area contributed by atoms with Crippen LogP contribution in [-0.4, -0.2) is 48.2 Å². The van der Waals surface area contributed by atoms with Gasteiger partial charge in [-0.3, -0.25) is 9.40 Å². The van der Waals surface area contributed by atoms with Gasteiger partial charge < -0.3 is 5.32 Å². The molecule has 0 spiro atoms. The highest BCUT2D eigenvalue weighted by atomic mass is 32.2. The molecule has 0 bridgehead atoms. The fourth-order valence-electron chi connectivity index (χ4n) is 2.70. The van der Waals surface area contributed by atoms with E-state index in [2.05, 4.69) is 15.1 Å². The Balaban J connectivity index is 1.58. The minimum Gasteiger partial charge on any atom is -0.314 e. The van der Waals surface area contributed by atoms with Crippen LogP contribution in [0.25, 0.3) is 0 Å². The third-order valence-electron chi connectivity index (χ3n) is 4.04. The quantitative estimate of drug-likeness (QED) is 0.803. The smallest absolute Gasteiger partial charge is 0.302 e. The van der Waals surface area contributed by atoms with Crippen molar-refractivity contribution in [1.29, 1.82) is 0 Å². The Morgan fingerprint density at radius 2 is 2.19 bits per heavy atom. The maximum absolute atomic E-state index is 12.4. The second kappa shape index (κ2) is 5.94. The summed E-state index contributed by atoms with van der Waals surface area (Å²) < 4.78 is 30.5. The predicted octanol–water partition coefficient (Wildman–Crippen LogP) is 0.541. The Labute approximate surface area is 125 Å². The highest BCUT2D eigenvalue weighted by Gasteiger charge is 2.30. The average molecular weight is 313 g/mol. The maximum atomic E-state index is 12.4. The second-order valence-electron chi connectivity index (χ2n) is 6.03. The van der Waals surface area contributed by atoms with Crippen molar-refractivity contribution in [3.05, 3.63) is 12.3 Å². The highest BCUT2D eigenvalue weighted by molar-refractivity contribution is 7.90. The molecular weight excluding hydrogens is 290 g/mol. The van der Waals surface area contributed by atoms with Crippen molar-refractivity contribution in [2.24, 2.45) is 13.0 Å².